The third-order valence-corrected chi connectivity index (χ3v) is 3.72. The fourth-order valence-electron chi connectivity index (χ4n) is 2.41. The highest BCUT2D eigenvalue weighted by Crippen LogP contribution is 2.35. The summed E-state index contributed by atoms with van der Waals surface area (Å²) < 4.78 is 16.2. The van der Waals surface area contributed by atoms with Gasteiger partial charge in [0.25, 0.3) is 0 Å². The Balaban J connectivity index is 2.19. The van der Waals surface area contributed by atoms with E-state index in [9.17, 15) is 9.59 Å². The Morgan fingerprint density at radius 3 is 2.50 bits per heavy atom. The minimum absolute atomic E-state index is 0.128. The number of hydrogen-bond acceptors (Lipinski definition) is 5. The van der Waals surface area contributed by atoms with E-state index in [0.717, 1.165) is 12.8 Å². The summed E-state index contributed by atoms with van der Waals surface area (Å²) >= 11 is 0. The first-order valence-electron chi connectivity index (χ1n) is 8.54. The molecule has 0 aliphatic carbocycles. The number of ether oxygens (including phenoxy) is 2. The molecular formula is C21H24O5. The van der Waals surface area contributed by atoms with Crippen LogP contribution in [-0.4, -0.2) is 12.6 Å². The first-order chi connectivity index (χ1) is 12.4. The molecule has 0 saturated carbocycles. The molecule has 1 aromatic carbocycles. The Morgan fingerprint density at radius 2 is 1.81 bits per heavy atom. The Kier molecular flexibility index (Phi) is 6.78. The Hall–Kier alpha value is -2.82. The predicted molar refractivity (Wildman–Crippen MR) is 102 cm³/mol. The number of carbonyl (C=O) groups is 1. The fourth-order valence-corrected chi connectivity index (χ4v) is 2.41. The summed E-state index contributed by atoms with van der Waals surface area (Å²) in [5.74, 6) is -0.0269. The average molecular weight is 356 g/mol. The lowest BCUT2D eigenvalue weighted by Gasteiger charge is -2.11. The smallest absolute Gasteiger partial charge is 0.336 e. The van der Waals surface area contributed by atoms with Crippen LogP contribution in [-0.2, 0) is 4.79 Å². The zero-order valence-electron chi connectivity index (χ0n) is 15.6. The van der Waals surface area contributed by atoms with Gasteiger partial charge in [-0.15, -0.1) is 0 Å². The van der Waals surface area contributed by atoms with Crippen molar-refractivity contribution < 1.29 is 18.7 Å². The molecule has 0 saturated heterocycles. The number of rotatable bonds is 7. The standard InChI is InChI=1S/C21H24O5/c1-14(2)6-5-7-15(3)12-13-24-18-10-8-17-9-11-19(23)26-20(17)21(18)25-16(4)22/h6,8-12H,5,7,13H2,1-4H3/b15-12+. The van der Waals surface area contributed by atoms with Crippen molar-refractivity contribution in [3.8, 4) is 11.5 Å². The van der Waals surface area contributed by atoms with Crippen molar-refractivity contribution >= 4 is 16.9 Å². The van der Waals surface area contributed by atoms with E-state index < -0.39 is 11.6 Å². The maximum atomic E-state index is 11.5. The Bertz CT molecular complexity index is 898. The molecular weight excluding hydrogens is 332 g/mol. The second kappa shape index (κ2) is 9.04. The molecule has 0 fully saturated rings. The van der Waals surface area contributed by atoms with Gasteiger partial charge in [0.1, 0.15) is 6.61 Å². The molecule has 1 aromatic heterocycles. The molecule has 0 spiro atoms. The van der Waals surface area contributed by atoms with E-state index in [-0.39, 0.29) is 11.3 Å². The summed E-state index contributed by atoms with van der Waals surface area (Å²) in [6.45, 7) is 7.83. The summed E-state index contributed by atoms with van der Waals surface area (Å²) in [4.78, 5) is 23.0. The van der Waals surface area contributed by atoms with E-state index >= 15 is 0 Å². The van der Waals surface area contributed by atoms with Gasteiger partial charge >= 0.3 is 11.6 Å². The van der Waals surface area contributed by atoms with Crippen molar-refractivity contribution in [3.05, 3.63) is 58.0 Å². The number of allylic oxidation sites excluding steroid dienone is 3. The number of benzene rings is 1. The molecule has 2 rings (SSSR count). The Morgan fingerprint density at radius 1 is 1.08 bits per heavy atom. The highest BCUT2D eigenvalue weighted by atomic mass is 16.6. The number of esters is 1. The van der Waals surface area contributed by atoms with Gasteiger partial charge < -0.3 is 13.9 Å². The summed E-state index contributed by atoms with van der Waals surface area (Å²) in [6.07, 6.45) is 6.13. The van der Waals surface area contributed by atoms with Crippen LogP contribution < -0.4 is 15.1 Å². The third kappa shape index (κ3) is 5.62. The molecule has 0 atom stereocenters. The van der Waals surface area contributed by atoms with Crippen LogP contribution in [0.15, 0.2) is 56.8 Å². The van der Waals surface area contributed by atoms with Crippen LogP contribution in [0.1, 0.15) is 40.5 Å². The average Bonchev–Trinajstić information content (AvgIpc) is 2.56. The maximum absolute atomic E-state index is 11.5. The molecule has 0 unspecified atom stereocenters. The van der Waals surface area contributed by atoms with Gasteiger partial charge in [0, 0.05) is 18.4 Å². The SMILES string of the molecule is CC(=O)Oc1c(OC/C=C(\C)CCC=C(C)C)ccc2ccc(=O)oc12. The zero-order valence-corrected chi connectivity index (χ0v) is 15.6. The summed E-state index contributed by atoms with van der Waals surface area (Å²) in [5.41, 5.74) is 2.20. The monoisotopic (exact) mass is 356 g/mol. The largest absolute Gasteiger partial charge is 0.485 e. The lowest BCUT2D eigenvalue weighted by atomic mass is 10.1. The van der Waals surface area contributed by atoms with E-state index in [1.165, 1.54) is 24.1 Å². The molecule has 0 aliphatic rings. The highest BCUT2D eigenvalue weighted by Gasteiger charge is 2.15. The molecule has 0 radical (unpaired) electrons. The molecule has 0 amide bonds. The zero-order chi connectivity index (χ0) is 19.1. The quantitative estimate of drug-likeness (QED) is 0.309. The van der Waals surface area contributed by atoms with Gasteiger partial charge in [0.05, 0.1) is 0 Å². The molecule has 2 aromatic rings. The lowest BCUT2D eigenvalue weighted by Crippen LogP contribution is -2.06. The van der Waals surface area contributed by atoms with Crippen molar-refractivity contribution in [3.63, 3.8) is 0 Å². The van der Waals surface area contributed by atoms with Crippen molar-refractivity contribution in [1.82, 2.24) is 0 Å². The predicted octanol–water partition coefficient (Wildman–Crippen LogP) is 4.79. The van der Waals surface area contributed by atoms with Crippen molar-refractivity contribution in [2.24, 2.45) is 0 Å². The molecule has 138 valence electrons. The molecule has 26 heavy (non-hydrogen) atoms. The number of fused-ring (bicyclic) bond motifs is 1. The van der Waals surface area contributed by atoms with Crippen LogP contribution >= 0.6 is 0 Å². The first-order valence-corrected chi connectivity index (χ1v) is 8.54. The molecule has 0 N–H and O–H groups in total. The van der Waals surface area contributed by atoms with E-state index in [4.69, 9.17) is 13.9 Å². The van der Waals surface area contributed by atoms with Crippen LogP contribution in [0.4, 0.5) is 0 Å². The number of hydrogen-bond donors (Lipinski definition) is 0. The van der Waals surface area contributed by atoms with Crippen LogP contribution in [0.25, 0.3) is 11.0 Å². The molecule has 5 nitrogen and oxygen atoms in total. The summed E-state index contributed by atoms with van der Waals surface area (Å²) in [5, 5.41) is 0.654. The summed E-state index contributed by atoms with van der Waals surface area (Å²) in [7, 11) is 0. The topological polar surface area (TPSA) is 65.7 Å². The molecule has 0 bridgehead atoms. The minimum Gasteiger partial charge on any atom is -0.485 e. The lowest BCUT2D eigenvalue weighted by molar-refractivity contribution is -0.131. The van der Waals surface area contributed by atoms with Crippen LogP contribution in [0.3, 0.4) is 0 Å². The van der Waals surface area contributed by atoms with Gasteiger partial charge in [0.2, 0.25) is 5.75 Å². The maximum Gasteiger partial charge on any atom is 0.336 e. The molecule has 5 heteroatoms. The van der Waals surface area contributed by atoms with E-state index in [0.29, 0.717) is 17.7 Å². The van der Waals surface area contributed by atoms with Crippen LogP contribution in [0.5, 0.6) is 11.5 Å². The Labute approximate surface area is 152 Å². The van der Waals surface area contributed by atoms with Crippen LogP contribution in [0, 0.1) is 0 Å². The minimum atomic E-state index is -0.516. The van der Waals surface area contributed by atoms with Crippen molar-refractivity contribution in [2.45, 2.75) is 40.5 Å². The number of carbonyl (C=O) groups excluding carboxylic acids is 1. The van der Waals surface area contributed by atoms with E-state index in [1.54, 1.807) is 18.2 Å². The normalized spacial score (nSPS) is 11.3. The van der Waals surface area contributed by atoms with Gasteiger partial charge in [-0.2, -0.15) is 0 Å². The van der Waals surface area contributed by atoms with Gasteiger partial charge in [-0.25, -0.2) is 4.79 Å². The summed E-state index contributed by atoms with van der Waals surface area (Å²) in [6, 6.07) is 6.39. The second-order valence-corrected chi connectivity index (χ2v) is 6.34. The second-order valence-electron chi connectivity index (χ2n) is 6.34. The third-order valence-electron chi connectivity index (χ3n) is 3.72. The van der Waals surface area contributed by atoms with E-state index in [2.05, 4.69) is 26.8 Å². The van der Waals surface area contributed by atoms with Gasteiger partial charge in [-0.3, -0.25) is 4.79 Å². The first kappa shape index (κ1) is 19.5. The van der Waals surface area contributed by atoms with Gasteiger partial charge in [-0.1, -0.05) is 17.2 Å². The van der Waals surface area contributed by atoms with E-state index in [1.807, 2.05) is 6.08 Å². The highest BCUT2D eigenvalue weighted by molar-refractivity contribution is 5.87. The van der Waals surface area contributed by atoms with Crippen LogP contribution in [0.2, 0.25) is 0 Å². The van der Waals surface area contributed by atoms with Crippen molar-refractivity contribution in [2.75, 3.05) is 6.61 Å². The van der Waals surface area contributed by atoms with Crippen molar-refractivity contribution in [1.29, 1.82) is 0 Å². The van der Waals surface area contributed by atoms with Gasteiger partial charge in [-0.05, 0) is 57.9 Å². The fraction of sp³-hybridized carbons (Fsp3) is 0.333. The van der Waals surface area contributed by atoms with Gasteiger partial charge in [0.15, 0.2) is 11.3 Å². The molecule has 1 heterocycles. The molecule has 0 aliphatic heterocycles.